The molecule has 1 heterocycles. The molecule has 0 aliphatic heterocycles. The number of nitrogens with one attached hydrogen (secondary N) is 1. The van der Waals surface area contributed by atoms with Crippen LogP contribution < -0.4 is 5.32 Å². The fourth-order valence-electron chi connectivity index (χ4n) is 1.59. The van der Waals surface area contributed by atoms with Gasteiger partial charge in [-0.05, 0) is 36.8 Å². The van der Waals surface area contributed by atoms with Gasteiger partial charge in [-0.1, -0.05) is 12.1 Å². The minimum atomic E-state index is 0.553. The van der Waals surface area contributed by atoms with Crippen LogP contribution in [0.15, 0.2) is 42.6 Å². The van der Waals surface area contributed by atoms with E-state index in [0.29, 0.717) is 12.2 Å². The van der Waals surface area contributed by atoms with Crippen LogP contribution in [0.25, 0.3) is 0 Å². The first kappa shape index (κ1) is 13.1. The van der Waals surface area contributed by atoms with E-state index in [2.05, 4.69) is 10.3 Å². The number of anilines is 2. The largest absolute Gasteiger partial charge is 0.377 e. The first-order chi connectivity index (χ1) is 9.31. The lowest BCUT2D eigenvalue weighted by molar-refractivity contribution is 0.134. The van der Waals surface area contributed by atoms with Gasteiger partial charge in [-0.15, -0.1) is 0 Å². The quantitative estimate of drug-likeness (QED) is 0.888. The molecule has 19 heavy (non-hydrogen) atoms. The van der Waals surface area contributed by atoms with Gasteiger partial charge in [0.15, 0.2) is 0 Å². The molecule has 2 aromatic rings. The summed E-state index contributed by atoms with van der Waals surface area (Å²) >= 11 is 0. The van der Waals surface area contributed by atoms with Gasteiger partial charge in [-0.2, -0.15) is 5.26 Å². The smallest absolute Gasteiger partial charge is 0.130 e. The molecule has 0 aliphatic carbocycles. The number of pyridine rings is 1. The number of aromatic nitrogens is 1. The molecule has 2 rings (SSSR count). The summed E-state index contributed by atoms with van der Waals surface area (Å²) in [5, 5.41) is 11.9. The molecular weight excluding hydrogens is 238 g/mol. The second-order valence-corrected chi connectivity index (χ2v) is 4.00. The number of rotatable bonds is 5. The second-order valence-electron chi connectivity index (χ2n) is 4.00. The third-order valence-corrected chi connectivity index (χ3v) is 2.59. The molecule has 0 amide bonds. The Kier molecular flexibility index (Phi) is 4.49. The lowest BCUT2D eigenvalue weighted by Crippen LogP contribution is -1.95. The first-order valence-corrected chi connectivity index (χ1v) is 6.11. The maximum Gasteiger partial charge on any atom is 0.130 e. The highest BCUT2D eigenvalue weighted by Crippen LogP contribution is 2.15. The van der Waals surface area contributed by atoms with Crippen molar-refractivity contribution in [3.05, 3.63) is 53.7 Å². The van der Waals surface area contributed by atoms with Crippen molar-refractivity contribution >= 4 is 11.5 Å². The lowest BCUT2D eigenvalue weighted by atomic mass is 10.2. The zero-order chi connectivity index (χ0) is 13.5. The van der Waals surface area contributed by atoms with Crippen LogP contribution in [0.3, 0.4) is 0 Å². The van der Waals surface area contributed by atoms with E-state index in [4.69, 9.17) is 10.00 Å². The van der Waals surface area contributed by atoms with Gasteiger partial charge in [0.1, 0.15) is 11.9 Å². The zero-order valence-electron chi connectivity index (χ0n) is 10.8. The summed E-state index contributed by atoms with van der Waals surface area (Å²) in [6, 6.07) is 13.6. The number of benzene rings is 1. The monoisotopic (exact) mass is 253 g/mol. The fourth-order valence-corrected chi connectivity index (χ4v) is 1.59. The SMILES string of the molecule is CCOCc1ccc(Nc2ccc(C#N)cn2)cc1. The van der Waals surface area contributed by atoms with Gasteiger partial charge in [-0.3, -0.25) is 0 Å². The standard InChI is InChI=1S/C15H15N3O/c1-2-19-11-12-3-6-14(7-4-12)18-15-8-5-13(9-16)10-17-15/h3-8,10H,2,11H2,1H3,(H,17,18). The number of nitrogens with zero attached hydrogens (tertiary/aromatic N) is 2. The molecule has 4 heteroatoms. The van der Waals surface area contributed by atoms with Crippen molar-refractivity contribution in [2.75, 3.05) is 11.9 Å². The minimum Gasteiger partial charge on any atom is -0.377 e. The Morgan fingerprint density at radius 1 is 1.21 bits per heavy atom. The molecule has 1 N–H and O–H groups in total. The predicted octanol–water partition coefficient (Wildman–Crippen LogP) is 3.23. The van der Waals surface area contributed by atoms with Crippen LogP contribution in [0.4, 0.5) is 11.5 Å². The fraction of sp³-hybridized carbons (Fsp3) is 0.200. The van der Waals surface area contributed by atoms with E-state index in [0.717, 1.165) is 23.7 Å². The van der Waals surface area contributed by atoms with Gasteiger partial charge >= 0.3 is 0 Å². The van der Waals surface area contributed by atoms with E-state index < -0.39 is 0 Å². The van der Waals surface area contributed by atoms with Crippen LogP contribution in [-0.2, 0) is 11.3 Å². The molecule has 1 aromatic heterocycles. The highest BCUT2D eigenvalue weighted by Gasteiger charge is 1.98. The third-order valence-electron chi connectivity index (χ3n) is 2.59. The van der Waals surface area contributed by atoms with Gasteiger partial charge in [0.2, 0.25) is 0 Å². The van der Waals surface area contributed by atoms with Crippen LogP contribution in [0.2, 0.25) is 0 Å². The molecule has 0 saturated heterocycles. The average Bonchev–Trinajstić information content (AvgIpc) is 2.47. The Labute approximate surface area is 112 Å². The molecule has 0 bridgehead atoms. The molecule has 0 atom stereocenters. The Hall–Kier alpha value is -2.38. The Morgan fingerprint density at radius 2 is 2.00 bits per heavy atom. The number of hydrogen-bond donors (Lipinski definition) is 1. The highest BCUT2D eigenvalue weighted by atomic mass is 16.5. The van der Waals surface area contributed by atoms with E-state index in [9.17, 15) is 0 Å². The second kappa shape index (κ2) is 6.53. The molecule has 0 saturated carbocycles. The summed E-state index contributed by atoms with van der Waals surface area (Å²) < 4.78 is 5.34. The number of hydrogen-bond acceptors (Lipinski definition) is 4. The van der Waals surface area contributed by atoms with Gasteiger partial charge in [0.25, 0.3) is 0 Å². The molecule has 96 valence electrons. The van der Waals surface area contributed by atoms with E-state index in [-0.39, 0.29) is 0 Å². The summed E-state index contributed by atoms with van der Waals surface area (Å²) in [6.45, 7) is 3.33. The van der Waals surface area contributed by atoms with E-state index in [1.165, 1.54) is 0 Å². The van der Waals surface area contributed by atoms with Gasteiger partial charge in [-0.25, -0.2) is 4.98 Å². The molecule has 4 nitrogen and oxygen atoms in total. The predicted molar refractivity (Wildman–Crippen MR) is 74.0 cm³/mol. The first-order valence-electron chi connectivity index (χ1n) is 6.11. The maximum atomic E-state index is 8.70. The summed E-state index contributed by atoms with van der Waals surface area (Å²) in [5.74, 6) is 0.719. The molecule has 0 unspecified atom stereocenters. The van der Waals surface area contributed by atoms with Crippen molar-refractivity contribution in [2.24, 2.45) is 0 Å². The Morgan fingerprint density at radius 3 is 2.58 bits per heavy atom. The van der Waals surface area contributed by atoms with Crippen molar-refractivity contribution in [1.29, 1.82) is 5.26 Å². The molecular formula is C15H15N3O. The van der Waals surface area contributed by atoms with Crippen LogP contribution >= 0.6 is 0 Å². The summed E-state index contributed by atoms with van der Waals surface area (Å²) in [4.78, 5) is 4.16. The van der Waals surface area contributed by atoms with Gasteiger partial charge in [0, 0.05) is 18.5 Å². The van der Waals surface area contributed by atoms with Crippen LogP contribution in [0.5, 0.6) is 0 Å². The summed E-state index contributed by atoms with van der Waals surface area (Å²) in [6.07, 6.45) is 1.55. The Balaban J connectivity index is 2.00. The molecule has 0 aliphatic rings. The van der Waals surface area contributed by atoms with E-state index in [1.807, 2.05) is 37.3 Å². The average molecular weight is 253 g/mol. The van der Waals surface area contributed by atoms with Crippen LogP contribution in [0.1, 0.15) is 18.1 Å². The number of nitriles is 1. The van der Waals surface area contributed by atoms with Crippen molar-refractivity contribution < 1.29 is 4.74 Å². The topological polar surface area (TPSA) is 57.9 Å². The van der Waals surface area contributed by atoms with Crippen molar-refractivity contribution in [1.82, 2.24) is 4.98 Å². The van der Waals surface area contributed by atoms with E-state index >= 15 is 0 Å². The summed E-state index contributed by atoms with van der Waals surface area (Å²) in [7, 11) is 0. The highest BCUT2D eigenvalue weighted by molar-refractivity contribution is 5.56. The number of ether oxygens (including phenoxy) is 1. The summed E-state index contributed by atoms with van der Waals surface area (Å²) in [5.41, 5.74) is 2.65. The van der Waals surface area contributed by atoms with Crippen molar-refractivity contribution in [3.8, 4) is 6.07 Å². The maximum absolute atomic E-state index is 8.70. The normalized spacial score (nSPS) is 9.89. The van der Waals surface area contributed by atoms with Crippen molar-refractivity contribution in [3.63, 3.8) is 0 Å². The van der Waals surface area contributed by atoms with Crippen molar-refractivity contribution in [2.45, 2.75) is 13.5 Å². The molecule has 1 aromatic carbocycles. The van der Waals surface area contributed by atoms with Gasteiger partial charge in [0.05, 0.1) is 12.2 Å². The van der Waals surface area contributed by atoms with Crippen LogP contribution in [0, 0.1) is 11.3 Å². The Bertz CT molecular complexity index is 555. The molecule has 0 fully saturated rings. The minimum absolute atomic E-state index is 0.553. The van der Waals surface area contributed by atoms with E-state index in [1.54, 1.807) is 18.3 Å². The van der Waals surface area contributed by atoms with Crippen LogP contribution in [-0.4, -0.2) is 11.6 Å². The lowest BCUT2D eigenvalue weighted by Gasteiger charge is -2.07. The molecule has 0 radical (unpaired) electrons. The zero-order valence-corrected chi connectivity index (χ0v) is 10.8. The third kappa shape index (κ3) is 3.80. The van der Waals surface area contributed by atoms with Gasteiger partial charge < -0.3 is 10.1 Å². The molecule has 0 spiro atoms.